The van der Waals surface area contributed by atoms with Crippen LogP contribution in [-0.2, 0) is 10.0 Å². The highest BCUT2D eigenvalue weighted by atomic mass is 32.2. The van der Waals surface area contributed by atoms with Crippen LogP contribution in [0.1, 0.15) is 19.3 Å². The average molecular weight is 492 g/mol. The van der Waals surface area contributed by atoms with Crippen molar-refractivity contribution in [3.05, 3.63) is 60.8 Å². The Morgan fingerprint density at radius 3 is 2.63 bits per heavy atom. The normalized spacial score (nSPS) is 20.2. The van der Waals surface area contributed by atoms with Gasteiger partial charge in [0.1, 0.15) is 0 Å². The number of fused-ring (bicyclic) bond motifs is 2. The molecule has 2 aromatic carbocycles. The number of aromatic nitrogens is 2. The van der Waals surface area contributed by atoms with E-state index in [0.29, 0.717) is 22.3 Å². The molecule has 0 aliphatic carbocycles. The summed E-state index contributed by atoms with van der Waals surface area (Å²) in [6.07, 6.45) is 4.35. The minimum absolute atomic E-state index is 0.0319. The molecule has 0 saturated carbocycles. The molecule has 0 amide bonds. The van der Waals surface area contributed by atoms with Gasteiger partial charge in [0.2, 0.25) is 10.0 Å². The smallest absolute Gasteiger partial charge is 0.243 e. The Bertz CT molecular complexity index is 1440. The summed E-state index contributed by atoms with van der Waals surface area (Å²) in [4.78, 5) is 9.42. The monoisotopic (exact) mass is 491 g/mol. The second-order valence-electron chi connectivity index (χ2n) is 9.36. The van der Waals surface area contributed by atoms with Crippen molar-refractivity contribution in [2.24, 2.45) is 0 Å². The van der Waals surface area contributed by atoms with Gasteiger partial charge in [-0.1, -0.05) is 23.4 Å². The lowest BCUT2D eigenvalue weighted by atomic mass is 10.1. The molecule has 9 heteroatoms. The summed E-state index contributed by atoms with van der Waals surface area (Å²) in [5, 5.41) is 6.04. The van der Waals surface area contributed by atoms with Gasteiger partial charge in [0, 0.05) is 50.3 Å². The van der Waals surface area contributed by atoms with Crippen molar-refractivity contribution in [3.8, 4) is 0 Å². The summed E-state index contributed by atoms with van der Waals surface area (Å²) in [7, 11) is -3.58. The number of anilines is 1. The van der Waals surface area contributed by atoms with Crippen LogP contribution in [0.3, 0.4) is 0 Å². The first-order chi connectivity index (χ1) is 17.1. The maximum absolute atomic E-state index is 13.7. The first-order valence-electron chi connectivity index (χ1n) is 12.3. The van der Waals surface area contributed by atoms with E-state index in [9.17, 15) is 8.42 Å². The number of pyridine rings is 1. The molecule has 0 radical (unpaired) electrons. The molecule has 0 unspecified atom stereocenters. The van der Waals surface area contributed by atoms with Crippen LogP contribution in [-0.4, -0.2) is 73.1 Å². The zero-order valence-electron chi connectivity index (χ0n) is 19.6. The highest BCUT2D eigenvalue weighted by Gasteiger charge is 2.36. The van der Waals surface area contributed by atoms with Crippen LogP contribution in [0.4, 0.5) is 5.82 Å². The standard InChI is InChI=1S/C26H29N5O3S/c32-35(33,25-11-3-9-23-21(25)8-4-13-27-23)31-14-5-6-20(31)12-15-29-16-18-30(19-17-29)26-22-7-1-2-10-24(22)34-28-26/h1-4,7-11,13,20H,5-6,12,14-19H2/t20-/m0/s1. The maximum Gasteiger partial charge on any atom is 0.243 e. The third kappa shape index (κ3) is 4.17. The molecule has 6 rings (SSSR count). The van der Waals surface area contributed by atoms with Crippen molar-refractivity contribution >= 4 is 37.7 Å². The van der Waals surface area contributed by atoms with Gasteiger partial charge in [-0.3, -0.25) is 9.88 Å². The quantitative estimate of drug-likeness (QED) is 0.406. The van der Waals surface area contributed by atoms with Crippen molar-refractivity contribution in [1.29, 1.82) is 0 Å². The summed E-state index contributed by atoms with van der Waals surface area (Å²) >= 11 is 0. The fraction of sp³-hybridized carbons (Fsp3) is 0.385. The summed E-state index contributed by atoms with van der Waals surface area (Å²) in [5.41, 5.74) is 1.52. The Morgan fingerprint density at radius 1 is 0.914 bits per heavy atom. The zero-order valence-corrected chi connectivity index (χ0v) is 20.4. The van der Waals surface area contributed by atoms with Crippen molar-refractivity contribution in [2.75, 3.05) is 44.2 Å². The number of para-hydroxylation sites is 1. The SMILES string of the molecule is O=S(=O)(c1cccc2ncccc12)N1CCC[C@H]1CCN1CCN(c2noc3ccccc23)CC1. The third-order valence-electron chi connectivity index (χ3n) is 7.32. The van der Waals surface area contributed by atoms with E-state index in [1.165, 1.54) is 0 Å². The summed E-state index contributed by atoms with van der Waals surface area (Å²) in [5.74, 6) is 0.915. The van der Waals surface area contributed by atoms with Crippen molar-refractivity contribution in [3.63, 3.8) is 0 Å². The molecule has 4 heterocycles. The molecule has 0 bridgehead atoms. The van der Waals surface area contributed by atoms with E-state index in [4.69, 9.17) is 4.52 Å². The van der Waals surface area contributed by atoms with E-state index < -0.39 is 10.0 Å². The predicted molar refractivity (Wildman–Crippen MR) is 136 cm³/mol. The van der Waals surface area contributed by atoms with Crippen LogP contribution >= 0.6 is 0 Å². The molecule has 35 heavy (non-hydrogen) atoms. The van der Waals surface area contributed by atoms with E-state index in [2.05, 4.69) is 26.0 Å². The molecule has 2 fully saturated rings. The minimum atomic E-state index is -3.58. The molecule has 1 atom stereocenters. The number of piperazine rings is 1. The van der Waals surface area contributed by atoms with E-state index in [1.54, 1.807) is 28.7 Å². The Labute approximate surface area is 205 Å². The first kappa shape index (κ1) is 22.5. The molecule has 2 aliphatic rings. The molecular weight excluding hydrogens is 462 g/mol. The van der Waals surface area contributed by atoms with Gasteiger partial charge in [-0.25, -0.2) is 8.42 Å². The molecule has 0 spiro atoms. The van der Waals surface area contributed by atoms with Gasteiger partial charge in [0.15, 0.2) is 11.4 Å². The summed E-state index contributed by atoms with van der Waals surface area (Å²) in [6, 6.07) is 17.0. The first-order valence-corrected chi connectivity index (χ1v) is 13.7. The Morgan fingerprint density at radius 2 is 1.74 bits per heavy atom. The van der Waals surface area contributed by atoms with Crippen LogP contribution in [0.2, 0.25) is 0 Å². The van der Waals surface area contributed by atoms with E-state index in [1.807, 2.05) is 30.3 Å². The number of sulfonamides is 1. The number of hydrogen-bond acceptors (Lipinski definition) is 7. The Balaban J connectivity index is 1.11. The van der Waals surface area contributed by atoms with Gasteiger partial charge < -0.3 is 9.42 Å². The second kappa shape index (κ2) is 9.22. The Hall–Kier alpha value is -3.01. The van der Waals surface area contributed by atoms with Crippen LogP contribution in [0.25, 0.3) is 21.9 Å². The van der Waals surface area contributed by atoms with Gasteiger partial charge in [-0.05, 0) is 62.2 Å². The van der Waals surface area contributed by atoms with E-state index in [0.717, 1.165) is 68.8 Å². The maximum atomic E-state index is 13.7. The van der Waals surface area contributed by atoms with Crippen LogP contribution in [0, 0.1) is 0 Å². The summed E-state index contributed by atoms with van der Waals surface area (Å²) < 4.78 is 34.5. The fourth-order valence-electron chi connectivity index (χ4n) is 5.46. The van der Waals surface area contributed by atoms with E-state index >= 15 is 0 Å². The van der Waals surface area contributed by atoms with Gasteiger partial charge in [0.25, 0.3) is 0 Å². The number of rotatable bonds is 6. The lowest BCUT2D eigenvalue weighted by Gasteiger charge is -2.35. The predicted octanol–water partition coefficient (Wildman–Crippen LogP) is 3.74. The molecule has 4 aromatic rings. The lowest BCUT2D eigenvalue weighted by Crippen LogP contribution is -2.48. The number of benzene rings is 2. The van der Waals surface area contributed by atoms with Gasteiger partial charge in [-0.15, -0.1) is 0 Å². The fourth-order valence-corrected chi connectivity index (χ4v) is 7.38. The molecule has 182 valence electrons. The molecule has 8 nitrogen and oxygen atoms in total. The van der Waals surface area contributed by atoms with E-state index in [-0.39, 0.29) is 6.04 Å². The zero-order chi connectivity index (χ0) is 23.8. The Kier molecular flexibility index (Phi) is 5.91. The minimum Gasteiger partial charge on any atom is -0.354 e. The van der Waals surface area contributed by atoms with Crippen molar-refractivity contribution in [2.45, 2.75) is 30.2 Å². The summed E-state index contributed by atoms with van der Waals surface area (Å²) in [6.45, 7) is 5.08. The second-order valence-corrected chi connectivity index (χ2v) is 11.2. The van der Waals surface area contributed by atoms with Crippen LogP contribution in [0.5, 0.6) is 0 Å². The van der Waals surface area contributed by atoms with Gasteiger partial charge in [-0.2, -0.15) is 4.31 Å². The number of nitrogens with zero attached hydrogens (tertiary/aromatic N) is 5. The number of hydrogen-bond donors (Lipinski definition) is 0. The molecule has 2 aliphatic heterocycles. The largest absolute Gasteiger partial charge is 0.354 e. The van der Waals surface area contributed by atoms with Crippen molar-refractivity contribution < 1.29 is 12.9 Å². The molecule has 0 N–H and O–H groups in total. The topological polar surface area (TPSA) is 82.8 Å². The molecule has 2 aromatic heterocycles. The average Bonchev–Trinajstić information content (AvgIpc) is 3.55. The van der Waals surface area contributed by atoms with Crippen molar-refractivity contribution in [1.82, 2.24) is 19.3 Å². The molecular formula is C26H29N5O3S. The highest BCUT2D eigenvalue weighted by Crippen LogP contribution is 2.32. The van der Waals surface area contributed by atoms with Gasteiger partial charge >= 0.3 is 0 Å². The molecule has 2 saturated heterocycles. The van der Waals surface area contributed by atoms with Crippen LogP contribution < -0.4 is 4.90 Å². The van der Waals surface area contributed by atoms with Gasteiger partial charge in [0.05, 0.1) is 15.8 Å². The highest BCUT2D eigenvalue weighted by molar-refractivity contribution is 7.89. The lowest BCUT2D eigenvalue weighted by molar-refractivity contribution is 0.231. The third-order valence-corrected chi connectivity index (χ3v) is 9.33. The van der Waals surface area contributed by atoms with Crippen LogP contribution in [0.15, 0.2) is 70.2 Å².